The minimum atomic E-state index is 0.00773. The van der Waals surface area contributed by atoms with Gasteiger partial charge in [0.25, 0.3) is 0 Å². The van der Waals surface area contributed by atoms with Crippen LogP contribution in [0.5, 0.6) is 0 Å². The van der Waals surface area contributed by atoms with E-state index in [1.54, 1.807) is 12.4 Å². The summed E-state index contributed by atoms with van der Waals surface area (Å²) >= 11 is 1.39. The minimum Gasteiger partial charge on any atom is -0.352 e. The van der Waals surface area contributed by atoms with Crippen LogP contribution in [0.4, 0.5) is 0 Å². The first-order valence-electron chi connectivity index (χ1n) is 10.2. The number of benzene rings is 2. The second kappa shape index (κ2) is 8.73. The van der Waals surface area contributed by atoms with Crippen molar-refractivity contribution < 1.29 is 4.79 Å². The Morgan fingerprint density at radius 3 is 2.42 bits per heavy atom. The summed E-state index contributed by atoms with van der Waals surface area (Å²) in [7, 11) is 0. The van der Waals surface area contributed by atoms with E-state index in [1.807, 2.05) is 47.0 Å². The van der Waals surface area contributed by atoms with E-state index in [0.29, 0.717) is 11.0 Å². The number of rotatable bonds is 6. The second-order valence-corrected chi connectivity index (χ2v) is 8.39. The number of carbonyl (C=O) groups is 1. The Labute approximate surface area is 184 Å². The molecule has 0 spiro atoms. The largest absolute Gasteiger partial charge is 0.352 e. The van der Waals surface area contributed by atoms with E-state index < -0.39 is 0 Å². The molecule has 1 aliphatic rings. The molecule has 1 amide bonds. The van der Waals surface area contributed by atoms with E-state index in [9.17, 15) is 4.79 Å². The fourth-order valence-electron chi connectivity index (χ4n) is 3.92. The van der Waals surface area contributed by atoms with Gasteiger partial charge in [-0.3, -0.25) is 14.3 Å². The van der Waals surface area contributed by atoms with E-state index in [4.69, 9.17) is 0 Å². The van der Waals surface area contributed by atoms with Crippen LogP contribution in [0, 0.1) is 0 Å². The van der Waals surface area contributed by atoms with Gasteiger partial charge in [0.05, 0.1) is 5.75 Å². The Balaban J connectivity index is 1.32. The van der Waals surface area contributed by atoms with Crippen molar-refractivity contribution in [3.8, 4) is 17.1 Å². The van der Waals surface area contributed by atoms with Crippen molar-refractivity contribution in [2.75, 3.05) is 5.75 Å². The van der Waals surface area contributed by atoms with Crippen molar-refractivity contribution in [2.45, 2.75) is 24.0 Å². The third-order valence-electron chi connectivity index (χ3n) is 5.32. The summed E-state index contributed by atoms with van der Waals surface area (Å²) in [4.78, 5) is 16.9. The van der Waals surface area contributed by atoms with Gasteiger partial charge in [-0.2, -0.15) is 0 Å². The molecule has 5 rings (SSSR count). The molecule has 2 heterocycles. The van der Waals surface area contributed by atoms with Crippen LogP contribution in [0.2, 0.25) is 0 Å². The predicted octanol–water partition coefficient (Wildman–Crippen LogP) is 3.71. The normalized spacial score (nSPS) is 13.2. The molecule has 4 aromatic rings. The molecule has 7 heteroatoms. The van der Waals surface area contributed by atoms with Crippen LogP contribution in [-0.2, 0) is 17.6 Å². The lowest BCUT2D eigenvalue weighted by Gasteiger charge is -2.13. The lowest BCUT2D eigenvalue weighted by Crippen LogP contribution is -2.36. The van der Waals surface area contributed by atoms with Gasteiger partial charge < -0.3 is 5.32 Å². The molecule has 0 atom stereocenters. The number of pyridine rings is 1. The predicted molar refractivity (Wildman–Crippen MR) is 121 cm³/mol. The molecule has 31 heavy (non-hydrogen) atoms. The molecule has 2 aromatic carbocycles. The lowest BCUT2D eigenvalue weighted by molar-refractivity contribution is -0.119. The zero-order valence-electron chi connectivity index (χ0n) is 16.8. The summed E-state index contributed by atoms with van der Waals surface area (Å²) in [6.45, 7) is 0. The Kier molecular flexibility index (Phi) is 5.50. The van der Waals surface area contributed by atoms with Crippen LogP contribution in [0.3, 0.4) is 0 Å². The van der Waals surface area contributed by atoms with Gasteiger partial charge in [-0.05, 0) is 48.2 Å². The average Bonchev–Trinajstić information content (AvgIpc) is 3.42. The van der Waals surface area contributed by atoms with Gasteiger partial charge in [0.15, 0.2) is 11.0 Å². The Morgan fingerprint density at radius 2 is 1.71 bits per heavy atom. The number of nitrogens with zero attached hydrogens (tertiary/aromatic N) is 4. The summed E-state index contributed by atoms with van der Waals surface area (Å²) in [5.74, 6) is 0.993. The molecular formula is C24H21N5OS. The fourth-order valence-corrected chi connectivity index (χ4v) is 4.68. The molecule has 0 bridgehead atoms. The van der Waals surface area contributed by atoms with E-state index >= 15 is 0 Å². The van der Waals surface area contributed by atoms with Crippen molar-refractivity contribution in [3.05, 3.63) is 90.3 Å². The van der Waals surface area contributed by atoms with Gasteiger partial charge in [-0.25, -0.2) is 0 Å². The van der Waals surface area contributed by atoms with Gasteiger partial charge in [0.2, 0.25) is 5.91 Å². The van der Waals surface area contributed by atoms with Crippen LogP contribution < -0.4 is 5.32 Å². The van der Waals surface area contributed by atoms with Crippen LogP contribution >= 0.6 is 11.8 Å². The van der Waals surface area contributed by atoms with Crippen molar-refractivity contribution in [3.63, 3.8) is 0 Å². The third kappa shape index (κ3) is 4.22. The molecule has 0 aliphatic heterocycles. The Hall–Kier alpha value is -3.45. The number of thioether (sulfide) groups is 1. The molecule has 0 saturated carbocycles. The third-order valence-corrected chi connectivity index (χ3v) is 6.24. The van der Waals surface area contributed by atoms with Crippen LogP contribution in [0.1, 0.15) is 11.1 Å². The fraction of sp³-hybridized carbons (Fsp3) is 0.167. The van der Waals surface area contributed by atoms with Gasteiger partial charge in [0.1, 0.15) is 0 Å². The molecule has 1 aliphatic carbocycles. The number of fused-ring (bicyclic) bond motifs is 1. The maximum Gasteiger partial charge on any atom is 0.230 e. The quantitative estimate of drug-likeness (QED) is 0.475. The molecule has 0 saturated heterocycles. The summed E-state index contributed by atoms with van der Waals surface area (Å²) in [5, 5.41) is 12.6. The topological polar surface area (TPSA) is 72.7 Å². The monoisotopic (exact) mass is 427 g/mol. The number of aromatic nitrogens is 4. The summed E-state index contributed by atoms with van der Waals surface area (Å²) < 4.78 is 1.97. The number of carbonyl (C=O) groups excluding carboxylic acids is 1. The maximum absolute atomic E-state index is 12.6. The lowest BCUT2D eigenvalue weighted by atomic mass is 10.1. The molecule has 0 radical (unpaired) electrons. The average molecular weight is 428 g/mol. The van der Waals surface area contributed by atoms with E-state index in [2.05, 4.69) is 44.8 Å². The van der Waals surface area contributed by atoms with Crippen molar-refractivity contribution >= 4 is 17.7 Å². The van der Waals surface area contributed by atoms with Gasteiger partial charge >= 0.3 is 0 Å². The van der Waals surface area contributed by atoms with Crippen molar-refractivity contribution in [1.29, 1.82) is 0 Å². The first kappa shape index (κ1) is 19.5. The first-order chi connectivity index (χ1) is 15.3. The minimum absolute atomic E-state index is 0.00773. The van der Waals surface area contributed by atoms with Crippen LogP contribution in [0.25, 0.3) is 17.1 Å². The second-order valence-electron chi connectivity index (χ2n) is 7.45. The highest BCUT2D eigenvalue weighted by molar-refractivity contribution is 7.99. The first-order valence-corrected chi connectivity index (χ1v) is 11.2. The Bertz CT molecular complexity index is 1170. The maximum atomic E-state index is 12.6. The van der Waals surface area contributed by atoms with Crippen molar-refractivity contribution in [2.24, 2.45) is 0 Å². The Morgan fingerprint density at radius 1 is 0.968 bits per heavy atom. The van der Waals surface area contributed by atoms with Gasteiger partial charge in [0, 0.05) is 29.7 Å². The molecule has 154 valence electrons. The number of amides is 1. The SMILES string of the molecule is O=C(CSc1nnc(-c2cccnc2)n1-c1ccccc1)NC1Cc2ccccc2C1. The van der Waals surface area contributed by atoms with E-state index in [0.717, 1.165) is 24.1 Å². The smallest absolute Gasteiger partial charge is 0.230 e. The molecule has 2 aromatic heterocycles. The zero-order valence-corrected chi connectivity index (χ0v) is 17.6. The molecule has 1 N–H and O–H groups in total. The summed E-state index contributed by atoms with van der Waals surface area (Å²) in [6.07, 6.45) is 5.27. The number of hydrogen-bond acceptors (Lipinski definition) is 5. The highest BCUT2D eigenvalue weighted by Gasteiger charge is 2.23. The van der Waals surface area contributed by atoms with Gasteiger partial charge in [-0.1, -0.05) is 54.2 Å². The number of para-hydroxylation sites is 1. The highest BCUT2D eigenvalue weighted by atomic mass is 32.2. The molecule has 0 fully saturated rings. The standard InChI is InChI=1S/C24H21N5OS/c30-22(26-20-13-17-7-4-5-8-18(17)14-20)16-31-24-28-27-23(19-9-6-12-25-15-19)29(24)21-10-2-1-3-11-21/h1-12,15,20H,13-14,16H2,(H,26,30). The van der Waals surface area contributed by atoms with Crippen molar-refractivity contribution in [1.82, 2.24) is 25.1 Å². The number of nitrogens with one attached hydrogen (secondary N) is 1. The van der Waals surface area contributed by atoms with Crippen LogP contribution in [-0.4, -0.2) is 37.5 Å². The summed E-state index contributed by atoms with van der Waals surface area (Å²) in [6, 6.07) is 22.3. The van der Waals surface area contributed by atoms with E-state index in [-0.39, 0.29) is 17.7 Å². The summed E-state index contributed by atoms with van der Waals surface area (Å²) in [5.41, 5.74) is 4.47. The number of hydrogen-bond donors (Lipinski definition) is 1. The molecular weight excluding hydrogens is 406 g/mol. The van der Waals surface area contributed by atoms with Gasteiger partial charge in [-0.15, -0.1) is 10.2 Å². The van der Waals surface area contributed by atoms with E-state index in [1.165, 1.54) is 22.9 Å². The van der Waals surface area contributed by atoms with Crippen LogP contribution in [0.15, 0.2) is 84.3 Å². The zero-order chi connectivity index (χ0) is 21.0. The molecule has 6 nitrogen and oxygen atoms in total. The molecule has 0 unspecified atom stereocenters. The highest BCUT2D eigenvalue weighted by Crippen LogP contribution is 2.28.